The summed E-state index contributed by atoms with van der Waals surface area (Å²) in [7, 11) is -2.32. The van der Waals surface area contributed by atoms with E-state index in [1.54, 1.807) is 61.6 Å². The third kappa shape index (κ3) is 4.80. The van der Waals surface area contributed by atoms with Crippen LogP contribution in [0.4, 0.5) is 11.4 Å². The Morgan fingerprint density at radius 2 is 1.40 bits per heavy atom. The number of amides is 1. The van der Waals surface area contributed by atoms with E-state index in [2.05, 4.69) is 0 Å². The van der Waals surface area contributed by atoms with Gasteiger partial charge in [0.05, 0.1) is 17.2 Å². The number of anilines is 2. The van der Waals surface area contributed by atoms with Crippen molar-refractivity contribution in [2.45, 2.75) is 11.8 Å². The van der Waals surface area contributed by atoms with Gasteiger partial charge >= 0.3 is 0 Å². The van der Waals surface area contributed by atoms with E-state index in [1.807, 2.05) is 25.1 Å². The van der Waals surface area contributed by atoms with E-state index in [1.165, 1.54) is 17.0 Å². The van der Waals surface area contributed by atoms with E-state index in [9.17, 15) is 13.2 Å². The number of rotatable bonds is 8. The summed E-state index contributed by atoms with van der Waals surface area (Å²) in [5.74, 6) is 0.278. The van der Waals surface area contributed by atoms with Crippen LogP contribution in [0.2, 0.25) is 0 Å². The lowest BCUT2D eigenvalue weighted by Crippen LogP contribution is -2.41. The summed E-state index contributed by atoms with van der Waals surface area (Å²) in [5.41, 5.74) is 1.07. The van der Waals surface area contributed by atoms with Crippen molar-refractivity contribution in [3.63, 3.8) is 0 Å². The summed E-state index contributed by atoms with van der Waals surface area (Å²) in [6.45, 7) is 2.04. The number of likely N-dealkylation sites (N-methyl/N-ethyl adjacent to an activating group) is 1. The molecule has 0 saturated heterocycles. The summed E-state index contributed by atoms with van der Waals surface area (Å²) in [5, 5.41) is 0. The van der Waals surface area contributed by atoms with Crippen molar-refractivity contribution in [1.82, 2.24) is 0 Å². The molecule has 0 unspecified atom stereocenters. The number of carbonyl (C=O) groups excluding carboxylic acids is 1. The smallest absolute Gasteiger partial charge is 0.264 e. The van der Waals surface area contributed by atoms with Gasteiger partial charge in [0.15, 0.2) is 0 Å². The summed E-state index contributed by atoms with van der Waals surface area (Å²) in [6, 6.07) is 23.8. The van der Waals surface area contributed by atoms with Gasteiger partial charge in [-0.15, -0.1) is 0 Å². The molecule has 0 aliphatic heterocycles. The van der Waals surface area contributed by atoms with Gasteiger partial charge in [-0.05, 0) is 55.5 Å². The van der Waals surface area contributed by atoms with Crippen molar-refractivity contribution in [3.8, 4) is 5.75 Å². The Morgan fingerprint density at radius 3 is 1.97 bits per heavy atom. The van der Waals surface area contributed by atoms with Crippen molar-refractivity contribution in [3.05, 3.63) is 84.9 Å². The molecule has 7 heteroatoms. The van der Waals surface area contributed by atoms with Crippen LogP contribution in [-0.4, -0.2) is 34.5 Å². The first-order chi connectivity index (χ1) is 14.4. The minimum Gasteiger partial charge on any atom is -0.494 e. The molecule has 3 rings (SSSR count). The lowest BCUT2D eigenvalue weighted by Gasteiger charge is -2.27. The predicted molar refractivity (Wildman–Crippen MR) is 118 cm³/mol. The molecule has 0 spiro atoms. The van der Waals surface area contributed by atoms with Gasteiger partial charge in [-0.2, -0.15) is 0 Å². The minimum absolute atomic E-state index is 0.119. The maximum absolute atomic E-state index is 13.4. The number of carbonyl (C=O) groups is 1. The van der Waals surface area contributed by atoms with Crippen molar-refractivity contribution >= 4 is 27.3 Å². The van der Waals surface area contributed by atoms with Gasteiger partial charge in [0, 0.05) is 12.7 Å². The highest BCUT2D eigenvalue weighted by molar-refractivity contribution is 7.92. The normalized spacial score (nSPS) is 11.0. The number of para-hydroxylation sites is 1. The molecule has 3 aromatic rings. The van der Waals surface area contributed by atoms with Crippen LogP contribution < -0.4 is 13.9 Å². The predicted octanol–water partition coefficient (Wildman–Crippen LogP) is 3.94. The zero-order valence-electron chi connectivity index (χ0n) is 16.9. The Kier molecular flexibility index (Phi) is 6.74. The lowest BCUT2D eigenvalue weighted by atomic mass is 10.3. The summed E-state index contributed by atoms with van der Waals surface area (Å²) in [6.07, 6.45) is 0. The number of benzene rings is 3. The van der Waals surface area contributed by atoms with E-state index in [-0.39, 0.29) is 17.3 Å². The molecule has 0 aliphatic rings. The van der Waals surface area contributed by atoms with Gasteiger partial charge in [-0.1, -0.05) is 36.4 Å². The standard InChI is InChI=1S/C23H24N2O4S/c1-3-29-21-16-14-20(15-17-21)25(30(27,28)22-12-8-5-9-13-22)18-23(26)24(2)19-10-6-4-7-11-19/h4-17H,3,18H2,1-2H3. The van der Waals surface area contributed by atoms with E-state index in [0.717, 1.165) is 4.31 Å². The molecule has 0 aromatic heterocycles. The largest absolute Gasteiger partial charge is 0.494 e. The van der Waals surface area contributed by atoms with Crippen LogP contribution in [-0.2, 0) is 14.8 Å². The molecule has 30 heavy (non-hydrogen) atoms. The molecule has 0 N–H and O–H groups in total. The Balaban J connectivity index is 1.96. The number of ether oxygens (including phenoxy) is 1. The maximum atomic E-state index is 13.4. The molecule has 0 bridgehead atoms. The fourth-order valence-electron chi connectivity index (χ4n) is 2.93. The third-order valence-electron chi connectivity index (χ3n) is 4.56. The van der Waals surface area contributed by atoms with E-state index < -0.39 is 10.0 Å². The van der Waals surface area contributed by atoms with Crippen molar-refractivity contribution in [1.29, 1.82) is 0 Å². The zero-order valence-corrected chi connectivity index (χ0v) is 17.7. The minimum atomic E-state index is -3.95. The second-order valence-corrected chi connectivity index (χ2v) is 8.40. The number of nitrogens with zero attached hydrogens (tertiary/aromatic N) is 2. The molecule has 0 aliphatic carbocycles. The quantitative estimate of drug-likeness (QED) is 0.549. The first-order valence-corrected chi connectivity index (χ1v) is 11.0. The fraction of sp³-hybridized carbons (Fsp3) is 0.174. The molecule has 3 aromatic carbocycles. The number of sulfonamides is 1. The Bertz CT molecular complexity index is 1070. The molecule has 0 atom stereocenters. The summed E-state index contributed by atoms with van der Waals surface area (Å²) in [4.78, 5) is 14.5. The third-order valence-corrected chi connectivity index (χ3v) is 6.35. The SMILES string of the molecule is CCOc1ccc(N(CC(=O)N(C)c2ccccc2)S(=O)(=O)c2ccccc2)cc1. The maximum Gasteiger partial charge on any atom is 0.264 e. The average Bonchev–Trinajstić information content (AvgIpc) is 2.79. The van der Waals surface area contributed by atoms with Gasteiger partial charge in [0.2, 0.25) is 5.91 Å². The van der Waals surface area contributed by atoms with Crippen LogP contribution in [0.5, 0.6) is 5.75 Å². The molecule has 0 radical (unpaired) electrons. The average molecular weight is 425 g/mol. The Hall–Kier alpha value is -3.32. The molecule has 0 heterocycles. The van der Waals surface area contributed by atoms with Crippen LogP contribution in [0.1, 0.15) is 6.92 Å². The Morgan fingerprint density at radius 1 is 0.833 bits per heavy atom. The highest BCUT2D eigenvalue weighted by Crippen LogP contribution is 2.26. The van der Waals surface area contributed by atoms with Gasteiger partial charge < -0.3 is 9.64 Å². The van der Waals surface area contributed by atoms with Gasteiger partial charge in [0.25, 0.3) is 10.0 Å². The van der Waals surface area contributed by atoms with E-state index in [4.69, 9.17) is 4.74 Å². The van der Waals surface area contributed by atoms with Gasteiger partial charge in [-0.25, -0.2) is 8.42 Å². The highest BCUT2D eigenvalue weighted by Gasteiger charge is 2.28. The van der Waals surface area contributed by atoms with Crippen LogP contribution in [0.3, 0.4) is 0 Å². The van der Waals surface area contributed by atoms with Crippen LogP contribution >= 0.6 is 0 Å². The zero-order chi connectivity index (χ0) is 21.6. The van der Waals surface area contributed by atoms with Crippen molar-refractivity contribution < 1.29 is 17.9 Å². The Labute approximate surface area is 177 Å². The lowest BCUT2D eigenvalue weighted by molar-refractivity contribution is -0.116. The first kappa shape index (κ1) is 21.4. The molecule has 1 amide bonds. The molecule has 156 valence electrons. The van der Waals surface area contributed by atoms with Crippen LogP contribution in [0, 0.1) is 0 Å². The van der Waals surface area contributed by atoms with E-state index >= 15 is 0 Å². The van der Waals surface area contributed by atoms with E-state index in [0.29, 0.717) is 23.7 Å². The highest BCUT2D eigenvalue weighted by atomic mass is 32.2. The molecule has 6 nitrogen and oxygen atoms in total. The van der Waals surface area contributed by atoms with Crippen molar-refractivity contribution in [2.75, 3.05) is 29.4 Å². The molecular formula is C23H24N2O4S. The number of hydrogen-bond donors (Lipinski definition) is 0. The van der Waals surface area contributed by atoms with Crippen LogP contribution in [0.25, 0.3) is 0 Å². The summed E-state index contributed by atoms with van der Waals surface area (Å²) >= 11 is 0. The fourth-order valence-corrected chi connectivity index (χ4v) is 4.37. The van der Waals surface area contributed by atoms with Gasteiger partial charge in [-0.3, -0.25) is 9.10 Å². The number of hydrogen-bond acceptors (Lipinski definition) is 4. The molecule has 0 saturated carbocycles. The second kappa shape index (κ2) is 9.45. The summed E-state index contributed by atoms with van der Waals surface area (Å²) < 4.78 is 33.3. The van der Waals surface area contributed by atoms with Gasteiger partial charge in [0.1, 0.15) is 12.3 Å². The van der Waals surface area contributed by atoms with Crippen molar-refractivity contribution in [2.24, 2.45) is 0 Å². The monoisotopic (exact) mass is 424 g/mol. The first-order valence-electron chi connectivity index (χ1n) is 9.55. The van der Waals surface area contributed by atoms with Crippen LogP contribution in [0.15, 0.2) is 89.8 Å². The second-order valence-electron chi connectivity index (χ2n) is 6.54. The molecule has 0 fully saturated rings. The molecular weight excluding hydrogens is 400 g/mol. The topological polar surface area (TPSA) is 66.9 Å².